The van der Waals surface area contributed by atoms with Crippen LogP contribution >= 0.6 is 0 Å². The Kier molecular flexibility index (Phi) is 82.6. The van der Waals surface area contributed by atoms with Crippen molar-refractivity contribution in [3.63, 3.8) is 0 Å². The standard InChI is InChI=1S/2C10H12N2O6S.2C7H7NO5S.C7H8O3S.2C4H6N2O5S.C4H8N2O3S.C4H9O.C4H9.C3H5NO.CH2O3.2CH4.3K.Li.H/c2*11-9(13)6-7-10(12(14)15)19(16,17)18-8-4-2-1-3-5-8;2*9-8(10)6-14(11,12)13-7-4-2-1-3-5-7;1-11(8,9)10-7-5-3-2-4-6-7;2*7-3-1-2-4(6(8)9)12(10,11)5-3;5-3-1-2-4(7)6-10(3,8)9;1-4(2,3)5;1-3-4-2;1-2-3(4)5;2-1-4-3;;;;;;;/h2*1-5,10H,6-7H2,(H2,11,13);2*1-5H,6H2;2-6H,1H3;2*4H,1-2H2,(H,5,7);3H,1-2,5H2,(H,6,7);1-3H3;1,3-4H2,2H3;2H,1H2,(H2,4,5);1,3H;2*1H4;;;;;/q;;;;;;;;2*-1;;;;;4*+1;-1/p-1. The second kappa shape index (κ2) is 75.5. The van der Waals surface area contributed by atoms with Gasteiger partial charge in [0, 0.05) is 87.3 Å². The van der Waals surface area contributed by atoms with Crippen LogP contribution in [0.5, 0.6) is 28.7 Å². The number of unbranched alkanes of at least 4 members (excludes halogenated alkanes) is 1. The Bertz CT molecular complexity index is 5210. The first-order valence-electron chi connectivity index (χ1n) is 34.9. The number of rotatable bonds is 29. The van der Waals surface area contributed by atoms with E-state index in [1.807, 2.05) is 4.72 Å². The van der Waals surface area contributed by atoms with Gasteiger partial charge in [-0.05, 0) is 73.2 Å². The minimum atomic E-state index is -4.48. The first-order chi connectivity index (χ1) is 59.2. The average Bonchev–Trinajstić information content (AvgIpc) is 0.835. The molecule has 5 aromatic rings. The Morgan fingerprint density at radius 2 is 0.733 bits per heavy atom. The molecule has 11 N–H and O–H groups in total. The number of carbonyl (C=O) groups is 7. The summed E-state index contributed by atoms with van der Waals surface area (Å²) >= 11 is 0. The number of nitrogens with one attached hydrogen (secondary N) is 3. The maximum Gasteiger partial charge on any atom is 1.00 e. The summed E-state index contributed by atoms with van der Waals surface area (Å²) < 4.78 is 205. The van der Waals surface area contributed by atoms with Gasteiger partial charge in [0.05, 0.1) is 6.26 Å². The van der Waals surface area contributed by atoms with Gasteiger partial charge in [0.25, 0.3) is 16.5 Å². The van der Waals surface area contributed by atoms with Crippen LogP contribution in [0.1, 0.15) is 121 Å². The summed E-state index contributed by atoms with van der Waals surface area (Å²) in [7, 11) is -32.3. The number of hydrogen-bond donors (Lipinski definition) is 7. The number of amides is 6. The number of benzene rings is 5. The van der Waals surface area contributed by atoms with Crippen molar-refractivity contribution >= 4 is 123 Å². The monoisotopic (exact) mass is 2150 g/mol. The number of nitrogens with two attached hydrogens (primary N) is 4. The van der Waals surface area contributed by atoms with E-state index in [1.165, 1.54) is 79.2 Å². The Labute approximate surface area is 919 Å². The summed E-state index contributed by atoms with van der Waals surface area (Å²) in [6.07, 6.45) is 2.13. The van der Waals surface area contributed by atoms with Gasteiger partial charge < -0.3 is 67.5 Å². The van der Waals surface area contributed by atoms with E-state index >= 15 is 0 Å². The molecule has 3 heterocycles. The van der Waals surface area contributed by atoms with Gasteiger partial charge in [-0.3, -0.25) is 99.0 Å². The van der Waals surface area contributed by atoms with E-state index in [0.29, 0.717) is 5.75 Å². The van der Waals surface area contributed by atoms with E-state index in [9.17, 15) is 162 Å². The fraction of sp³-hybridized carbons (Fsp3) is 0.403. The van der Waals surface area contributed by atoms with Gasteiger partial charge >= 0.3 is 277 Å². The first kappa shape index (κ1) is 148. The second-order valence-corrected chi connectivity index (χ2v) is 38.4. The van der Waals surface area contributed by atoms with Crippen molar-refractivity contribution in [1.82, 2.24) is 14.2 Å². The summed E-state index contributed by atoms with van der Waals surface area (Å²) in [6.45, 7) is 13.5. The van der Waals surface area contributed by atoms with Crippen LogP contribution in [0.25, 0.3) is 0 Å². The molecule has 3 fully saturated rings. The molecule has 5 unspecified atom stereocenters. The summed E-state index contributed by atoms with van der Waals surface area (Å²) in [4.78, 5) is 129. The number of nitrogens with zero attached hydrogens (tertiary/aromatic N) is 6. The van der Waals surface area contributed by atoms with Gasteiger partial charge in [0.15, 0.2) is 0 Å². The second-order valence-electron chi connectivity index (χ2n) is 24.8. The van der Waals surface area contributed by atoms with Crippen LogP contribution in [0.4, 0.5) is 0 Å². The third kappa shape index (κ3) is 79.1. The van der Waals surface area contributed by atoms with Crippen LogP contribution in [0, 0.1) is 67.6 Å². The molecule has 6 amide bonds. The molecule has 742 valence electrons. The normalized spacial score (nSPS) is 15.0. The molecule has 5 aromatic carbocycles. The van der Waals surface area contributed by atoms with Crippen LogP contribution in [-0.2, 0) is 119 Å². The summed E-state index contributed by atoms with van der Waals surface area (Å²) in [5.41, 5.74) is 18.6. The number of nitro groups is 6. The van der Waals surface area contributed by atoms with Gasteiger partial charge in [-0.2, -0.15) is 65.3 Å². The number of carbonyl (C=O) groups excluding carboxylic acids is 7. The van der Waals surface area contributed by atoms with E-state index < -0.39 is 216 Å². The van der Waals surface area contributed by atoms with E-state index in [2.05, 4.69) is 52.0 Å². The van der Waals surface area contributed by atoms with Gasteiger partial charge in [0.2, 0.25) is 35.4 Å². The van der Waals surface area contributed by atoms with Crippen molar-refractivity contribution in [1.29, 1.82) is 0 Å². The summed E-state index contributed by atoms with van der Waals surface area (Å²) in [5, 5.41) is 71.9. The maximum absolute atomic E-state index is 11.7. The molecule has 56 nitrogen and oxygen atoms in total. The number of primary amides is 3. The Morgan fingerprint density at radius 3 is 0.904 bits per heavy atom. The SMILES string of the molecule is C.C.C=CC(N)=O.CC(C)(C)[O-].CS(=O)(=O)Oc1ccccc1.NC(=O)CCC([N+](=O)[O-])S(=O)(=O)Oc1ccccc1.NC(=O)CCC([N+](=O)[O-])S(=O)(=O)Oc1ccccc1.NC1CCC(=O)NS1(=O)=O.O=C1CCC([N+](=O)[O-])S(=O)(=O)N1.O=C1CCC([N+](=O)[O-])S(=O)(=O)N1.O=CO[O-].O=[N+]([O-])CS(=O)(=O)Oc1ccccc1.O=[N+]([O-])CS(=O)(=O)Oc1ccccc1.[CH2-]CCC.[H-].[K+].[K+].[K+].[Li+]. The third-order valence-corrected chi connectivity index (χ3v) is 22.9. The zero-order chi connectivity index (χ0) is 101. The van der Waals surface area contributed by atoms with E-state index in [-0.39, 0.29) is 257 Å². The van der Waals surface area contributed by atoms with E-state index in [0.717, 1.165) is 18.8 Å². The van der Waals surface area contributed by atoms with Crippen LogP contribution < -0.4 is 241 Å². The molecule has 3 aliphatic heterocycles. The Hall–Kier alpha value is -7.48. The predicted octanol–water partition coefficient (Wildman–Crippen LogP) is -11.8. The molecule has 0 spiro atoms. The number of sulfonamides is 3. The molecular weight excluding hydrogens is 2060 g/mol. The van der Waals surface area contributed by atoms with Crippen LogP contribution in [-0.4, -0.2) is 189 Å². The molecule has 5 atom stereocenters. The van der Waals surface area contributed by atoms with Gasteiger partial charge in [-0.25, -0.2) is 17.9 Å². The average molecular weight is 2160 g/mol. The van der Waals surface area contributed by atoms with Crippen molar-refractivity contribution in [2.45, 2.75) is 152 Å². The van der Waals surface area contributed by atoms with Gasteiger partial charge in [-0.15, -0.1) is 5.60 Å². The quantitative estimate of drug-likeness (QED) is 0.00342. The van der Waals surface area contributed by atoms with Gasteiger partial charge in [-0.1, -0.05) is 147 Å². The number of hydrogen-bond acceptors (Lipinski definition) is 44. The van der Waals surface area contributed by atoms with Crippen LogP contribution in [0.2, 0.25) is 0 Å². The zero-order valence-electron chi connectivity index (χ0n) is 73.1. The topological polar surface area (TPSA) is 893 Å². The third-order valence-electron chi connectivity index (χ3n) is 12.6. The zero-order valence-corrected chi connectivity index (χ0v) is 88.0. The van der Waals surface area contributed by atoms with Crippen LogP contribution in [0.15, 0.2) is 164 Å². The summed E-state index contributed by atoms with van der Waals surface area (Å²) in [5.74, 6) is -6.03. The molecule has 0 aromatic heterocycles. The largest absolute Gasteiger partial charge is 1.00 e. The molecule has 68 heteroatoms. The Morgan fingerprint density at radius 1 is 0.511 bits per heavy atom. The molecule has 0 bridgehead atoms. The molecule has 8 rings (SSSR count). The molecule has 0 radical (unpaired) electrons. The molecule has 0 saturated carbocycles. The maximum atomic E-state index is 11.7. The summed E-state index contributed by atoms with van der Waals surface area (Å²) in [6, 6.07) is 38.4. The van der Waals surface area contributed by atoms with Crippen LogP contribution in [0.3, 0.4) is 0 Å². The van der Waals surface area contributed by atoms with Crippen molar-refractivity contribution in [3.05, 3.63) is 232 Å². The minimum absolute atomic E-state index is 0. The molecule has 3 saturated heterocycles. The Balaban J connectivity index is -0.000000142. The minimum Gasteiger partial charge on any atom is -1.00 e. The predicted molar refractivity (Wildman–Crippen MR) is 458 cm³/mol. The fourth-order valence-corrected chi connectivity index (χ4v) is 14.8. The molecule has 3 aliphatic rings. The first-order valence-corrected chi connectivity index (χ1v) is 47.5. The van der Waals surface area contributed by atoms with Crippen molar-refractivity contribution in [2.24, 2.45) is 22.9 Å². The van der Waals surface area contributed by atoms with Gasteiger partial charge in [0.1, 0.15) is 34.1 Å². The van der Waals surface area contributed by atoms with E-state index in [1.54, 1.807) is 109 Å². The fourth-order valence-electron chi connectivity index (χ4n) is 7.31. The van der Waals surface area contributed by atoms with E-state index in [4.69, 9.17) is 27.3 Å². The molecule has 0 aliphatic carbocycles. The molecule has 135 heavy (non-hydrogen) atoms. The smallest absolute Gasteiger partial charge is 1.00 e. The number of para-hydroxylation sites is 5. The molecular formula is C67H99K3LiN13O43S8. The van der Waals surface area contributed by atoms with Crippen molar-refractivity contribution in [2.75, 3.05) is 18.0 Å². The van der Waals surface area contributed by atoms with Crippen molar-refractivity contribution in [3.8, 4) is 28.7 Å². The van der Waals surface area contributed by atoms with Crippen molar-refractivity contribution < 1.29 is 341 Å².